The predicted molar refractivity (Wildman–Crippen MR) is 116 cm³/mol. The third-order valence-electron chi connectivity index (χ3n) is 6.16. The number of aromatic nitrogens is 3. The van der Waals surface area contributed by atoms with E-state index in [-0.39, 0.29) is 50.6 Å². The average Bonchev–Trinajstić information content (AvgIpc) is 3.21. The normalized spacial score (nSPS) is 18.5. The van der Waals surface area contributed by atoms with Gasteiger partial charge in [-0.3, -0.25) is 9.59 Å². The predicted octanol–water partition coefficient (Wildman–Crippen LogP) is 4.04. The number of halogens is 1. The van der Waals surface area contributed by atoms with E-state index in [0.717, 1.165) is 0 Å². The number of phenols is 2. The lowest BCUT2D eigenvalue weighted by Crippen LogP contribution is -2.36. The van der Waals surface area contributed by atoms with E-state index in [1.807, 2.05) is 0 Å². The molecule has 0 amide bonds. The zero-order valence-electron chi connectivity index (χ0n) is 17.6. The van der Waals surface area contributed by atoms with Crippen molar-refractivity contribution in [3.05, 3.63) is 62.8 Å². The summed E-state index contributed by atoms with van der Waals surface area (Å²) in [6.45, 7) is 6.11. The van der Waals surface area contributed by atoms with E-state index in [0.29, 0.717) is 22.8 Å². The molecule has 0 fully saturated rings. The van der Waals surface area contributed by atoms with Gasteiger partial charge in [-0.15, -0.1) is 0 Å². The van der Waals surface area contributed by atoms with Crippen molar-refractivity contribution in [1.82, 2.24) is 14.8 Å². The molecular formula is C23H18ClN3O5. The second-order valence-corrected chi connectivity index (χ2v) is 8.49. The van der Waals surface area contributed by atoms with E-state index in [1.54, 1.807) is 38.1 Å². The number of rotatable bonds is 2. The smallest absolute Gasteiger partial charge is 0.185 e. The van der Waals surface area contributed by atoms with Crippen LogP contribution in [0.25, 0.3) is 11.9 Å². The number of allylic oxidation sites excluding steroid dienone is 1. The zero-order valence-corrected chi connectivity index (χ0v) is 18.4. The Balaban J connectivity index is 1.81. The maximum absolute atomic E-state index is 13.9. The number of hydrogen-bond donors (Lipinski definition) is 2. The Hall–Kier alpha value is -3.65. The molecular weight excluding hydrogens is 434 g/mol. The van der Waals surface area contributed by atoms with Crippen molar-refractivity contribution in [3.63, 3.8) is 0 Å². The highest BCUT2D eigenvalue weighted by atomic mass is 35.5. The van der Waals surface area contributed by atoms with Gasteiger partial charge in [0.05, 0.1) is 22.5 Å². The quantitative estimate of drug-likeness (QED) is 0.446. The van der Waals surface area contributed by atoms with Crippen molar-refractivity contribution < 1.29 is 24.5 Å². The van der Waals surface area contributed by atoms with Crippen molar-refractivity contribution in [2.75, 3.05) is 0 Å². The number of hydrogen-bond acceptors (Lipinski definition) is 7. The highest BCUT2D eigenvalue weighted by molar-refractivity contribution is 6.29. The molecule has 0 bridgehead atoms. The van der Waals surface area contributed by atoms with Gasteiger partial charge in [-0.2, -0.15) is 5.10 Å². The number of carbonyl (C=O) groups is 2. The van der Waals surface area contributed by atoms with Crippen molar-refractivity contribution in [3.8, 4) is 23.1 Å². The molecule has 1 aliphatic carbocycles. The summed E-state index contributed by atoms with van der Waals surface area (Å²) in [5.41, 5.74) is 0.0747. The summed E-state index contributed by atoms with van der Waals surface area (Å²) in [6.07, 6.45) is 1.65. The summed E-state index contributed by atoms with van der Waals surface area (Å²) >= 11 is 6.04. The van der Waals surface area contributed by atoms with Gasteiger partial charge >= 0.3 is 0 Å². The maximum Gasteiger partial charge on any atom is 0.185 e. The van der Waals surface area contributed by atoms with Crippen LogP contribution < -0.4 is 4.74 Å². The van der Waals surface area contributed by atoms with E-state index in [9.17, 15) is 19.8 Å². The Morgan fingerprint density at radius 1 is 1.22 bits per heavy atom. The number of ether oxygens (including phenoxy) is 1. The minimum atomic E-state index is -1.39. The van der Waals surface area contributed by atoms with Crippen LogP contribution in [-0.2, 0) is 5.41 Å². The zero-order chi connectivity index (χ0) is 23.1. The van der Waals surface area contributed by atoms with Gasteiger partial charge in [-0.25, -0.2) is 9.67 Å². The second kappa shape index (κ2) is 6.43. The molecule has 162 valence electrons. The minimum Gasteiger partial charge on any atom is -0.507 e. The second-order valence-electron chi connectivity index (χ2n) is 8.10. The van der Waals surface area contributed by atoms with Gasteiger partial charge in [-0.1, -0.05) is 17.7 Å². The summed E-state index contributed by atoms with van der Waals surface area (Å²) in [4.78, 5) is 30.5. The van der Waals surface area contributed by atoms with Gasteiger partial charge in [0, 0.05) is 11.6 Å². The van der Waals surface area contributed by atoms with E-state index in [2.05, 4.69) is 10.1 Å². The number of Topliss-reactive ketones (excluding diaryl/α,β-unsaturated/α-hetero) is 2. The number of phenolic OH excluding ortho intramolecular Hbond substituents is 2. The molecule has 9 heteroatoms. The number of aryl methyl sites for hydroxylation is 1. The Labute approximate surface area is 187 Å². The molecule has 2 aliphatic rings. The van der Waals surface area contributed by atoms with Crippen molar-refractivity contribution >= 4 is 29.2 Å². The number of fused-ring (bicyclic) bond motifs is 4. The number of aromatic hydroxyl groups is 2. The molecule has 8 nitrogen and oxygen atoms in total. The molecule has 0 saturated carbocycles. The van der Waals surface area contributed by atoms with Crippen LogP contribution in [0.5, 0.6) is 17.2 Å². The van der Waals surface area contributed by atoms with Crippen LogP contribution in [0.2, 0.25) is 5.15 Å². The fourth-order valence-corrected chi connectivity index (χ4v) is 4.64. The third kappa shape index (κ3) is 2.38. The molecule has 5 rings (SSSR count). The summed E-state index contributed by atoms with van der Waals surface area (Å²) in [5.74, 6) is -0.811. The van der Waals surface area contributed by atoms with Gasteiger partial charge in [0.2, 0.25) is 0 Å². The third-order valence-corrected chi connectivity index (χ3v) is 6.37. The van der Waals surface area contributed by atoms with Crippen LogP contribution >= 0.6 is 11.6 Å². The highest BCUT2D eigenvalue weighted by Crippen LogP contribution is 2.58. The molecule has 1 atom stereocenters. The molecule has 32 heavy (non-hydrogen) atoms. The van der Waals surface area contributed by atoms with E-state index in [1.165, 1.54) is 18.5 Å². The molecule has 1 unspecified atom stereocenters. The van der Waals surface area contributed by atoms with Crippen molar-refractivity contribution in [1.29, 1.82) is 0 Å². The minimum absolute atomic E-state index is 0.0107. The summed E-state index contributed by atoms with van der Waals surface area (Å²) in [5, 5.41) is 26.1. The first-order chi connectivity index (χ1) is 15.1. The molecule has 3 heterocycles. The topological polar surface area (TPSA) is 115 Å². The lowest BCUT2D eigenvalue weighted by Gasteiger charge is -2.27. The molecule has 0 saturated heterocycles. The monoisotopic (exact) mass is 451 g/mol. The molecule has 2 aromatic heterocycles. The first-order valence-electron chi connectivity index (χ1n) is 9.84. The van der Waals surface area contributed by atoms with Crippen LogP contribution in [0, 0.1) is 13.8 Å². The number of pyridine rings is 1. The van der Waals surface area contributed by atoms with Crippen LogP contribution in [0.15, 0.2) is 24.0 Å². The van der Waals surface area contributed by atoms with Gasteiger partial charge in [-0.05, 0) is 39.8 Å². The average molecular weight is 452 g/mol. The van der Waals surface area contributed by atoms with Crippen molar-refractivity contribution in [2.45, 2.75) is 33.1 Å². The number of carbonyl (C=O) groups excluding carboxylic acids is 2. The van der Waals surface area contributed by atoms with Gasteiger partial charge in [0.1, 0.15) is 39.1 Å². The largest absolute Gasteiger partial charge is 0.507 e. The Morgan fingerprint density at radius 3 is 2.59 bits per heavy atom. The van der Waals surface area contributed by atoms with Crippen molar-refractivity contribution in [2.24, 2.45) is 0 Å². The summed E-state index contributed by atoms with van der Waals surface area (Å²) in [6, 6.07) is 5.06. The summed E-state index contributed by atoms with van der Waals surface area (Å²) in [7, 11) is 0. The molecule has 0 spiro atoms. The molecule has 1 aliphatic heterocycles. The fraction of sp³-hybridized carbons (Fsp3) is 0.217. The van der Waals surface area contributed by atoms with Gasteiger partial charge in [0.25, 0.3) is 0 Å². The lowest BCUT2D eigenvalue weighted by atomic mass is 9.71. The number of nitrogens with zero attached hydrogens (tertiary/aromatic N) is 3. The van der Waals surface area contributed by atoms with Crippen LogP contribution in [0.3, 0.4) is 0 Å². The first kappa shape index (κ1) is 20.3. The Kier molecular flexibility index (Phi) is 4.07. The summed E-state index contributed by atoms with van der Waals surface area (Å²) < 4.78 is 7.49. The standard InChI is InChI=1S/C23H18ClN3O5/c1-9-19(29)17(11(3)28)21-18(20(9)30)23(4)13(32-21)8-12-16(22(23)31)10(2)26-27(12)15-7-5-6-14(24)25-15/h5-8,29-30H,1-4H3. The first-order valence-corrected chi connectivity index (χ1v) is 10.2. The molecule has 3 aromatic rings. The SMILES string of the molecule is CC(=O)c1c(O)c(C)c(O)c2c1OC1=Cc3c(c(C)nn3-c3cccc(Cl)n3)C(=O)C12C. The van der Waals surface area contributed by atoms with Gasteiger partial charge < -0.3 is 14.9 Å². The molecule has 0 radical (unpaired) electrons. The lowest BCUT2D eigenvalue weighted by molar-refractivity contribution is 0.0905. The van der Waals surface area contributed by atoms with E-state index < -0.39 is 11.2 Å². The number of benzene rings is 1. The molecule has 1 aromatic carbocycles. The van der Waals surface area contributed by atoms with E-state index in [4.69, 9.17) is 16.3 Å². The fourth-order valence-electron chi connectivity index (χ4n) is 4.48. The Bertz CT molecular complexity index is 1420. The highest BCUT2D eigenvalue weighted by Gasteiger charge is 2.55. The van der Waals surface area contributed by atoms with Crippen LogP contribution in [0.1, 0.15) is 57.1 Å². The Morgan fingerprint density at radius 2 is 1.94 bits per heavy atom. The molecule has 2 N–H and O–H groups in total. The van der Waals surface area contributed by atoms with Crippen LogP contribution in [0.4, 0.5) is 0 Å². The van der Waals surface area contributed by atoms with Gasteiger partial charge in [0.15, 0.2) is 17.4 Å². The van der Waals surface area contributed by atoms with E-state index >= 15 is 0 Å². The number of ketones is 2. The maximum atomic E-state index is 13.9. The van der Waals surface area contributed by atoms with Crippen LogP contribution in [-0.4, -0.2) is 36.5 Å².